The van der Waals surface area contributed by atoms with Crippen LogP contribution in [0.5, 0.6) is 5.75 Å². The monoisotopic (exact) mass is 298 g/mol. The van der Waals surface area contributed by atoms with Gasteiger partial charge in [0.25, 0.3) is 5.91 Å². The average Bonchev–Trinajstić information content (AvgIpc) is 2.44. The second-order valence-corrected chi connectivity index (χ2v) is 4.29. The lowest BCUT2D eigenvalue weighted by molar-refractivity contribution is 0.0915. The molecule has 1 rings (SSSR count). The maximum atomic E-state index is 11.7. The highest BCUT2D eigenvalue weighted by Crippen LogP contribution is 2.10. The number of carbonyl (C=O) groups is 2. The number of nitrogens with one attached hydrogen (secondary N) is 2. The quantitative estimate of drug-likeness (QED) is 0.836. The van der Waals surface area contributed by atoms with Gasteiger partial charge in [-0.1, -0.05) is 11.6 Å². The van der Waals surface area contributed by atoms with Crippen LogP contribution in [0.15, 0.2) is 35.4 Å². The third-order valence-electron chi connectivity index (χ3n) is 2.21. The van der Waals surface area contributed by atoms with Crippen LogP contribution in [0.1, 0.15) is 17.3 Å². The summed E-state index contributed by atoms with van der Waals surface area (Å²) in [7, 11) is 1.53. The van der Waals surface area contributed by atoms with Crippen LogP contribution in [0, 0.1) is 0 Å². The van der Waals surface area contributed by atoms with Gasteiger partial charge in [-0.25, -0.2) is 10.2 Å². The van der Waals surface area contributed by atoms with Crippen molar-refractivity contribution in [2.75, 3.05) is 13.7 Å². The zero-order chi connectivity index (χ0) is 15.0. The molecule has 0 aromatic heterocycles. The second kappa shape index (κ2) is 8.06. The molecule has 0 aliphatic rings. The zero-order valence-electron chi connectivity index (χ0n) is 11.1. The van der Waals surface area contributed by atoms with Gasteiger partial charge in [-0.05, 0) is 37.3 Å². The minimum Gasteiger partial charge on any atom is -0.497 e. The van der Waals surface area contributed by atoms with Crippen molar-refractivity contribution in [1.82, 2.24) is 10.9 Å². The van der Waals surface area contributed by atoms with E-state index in [-0.39, 0.29) is 6.61 Å². The molecule has 2 amide bonds. The number of hydrogen-bond acceptors (Lipinski definition) is 4. The first-order valence-corrected chi connectivity index (χ1v) is 6.10. The van der Waals surface area contributed by atoms with Gasteiger partial charge in [0, 0.05) is 10.6 Å². The molecule has 0 aliphatic carbocycles. The van der Waals surface area contributed by atoms with Gasteiger partial charge >= 0.3 is 6.09 Å². The van der Waals surface area contributed by atoms with Gasteiger partial charge in [-0.3, -0.25) is 10.2 Å². The number of carbonyl (C=O) groups excluding carboxylic acids is 2. The maximum Gasteiger partial charge on any atom is 0.426 e. The van der Waals surface area contributed by atoms with Crippen molar-refractivity contribution in [2.24, 2.45) is 0 Å². The van der Waals surface area contributed by atoms with Crippen molar-refractivity contribution in [3.63, 3.8) is 0 Å². The minimum atomic E-state index is -0.777. The van der Waals surface area contributed by atoms with E-state index >= 15 is 0 Å². The Balaban J connectivity index is 2.38. The Kier molecular flexibility index (Phi) is 6.39. The molecule has 1 aromatic carbocycles. The van der Waals surface area contributed by atoms with Crippen LogP contribution in [0.4, 0.5) is 4.79 Å². The van der Waals surface area contributed by atoms with E-state index in [1.807, 2.05) is 0 Å². The van der Waals surface area contributed by atoms with Gasteiger partial charge in [0.2, 0.25) is 0 Å². The van der Waals surface area contributed by atoms with E-state index in [0.29, 0.717) is 16.3 Å². The molecule has 108 valence electrons. The first kappa shape index (κ1) is 15.8. The number of methoxy groups -OCH3 is 1. The summed E-state index contributed by atoms with van der Waals surface area (Å²) in [6.45, 7) is 1.69. The molecular weight excluding hydrogens is 284 g/mol. The molecule has 6 nitrogen and oxygen atoms in total. The molecule has 0 spiro atoms. The van der Waals surface area contributed by atoms with E-state index < -0.39 is 12.0 Å². The van der Waals surface area contributed by atoms with Crippen molar-refractivity contribution in [3.05, 3.63) is 40.9 Å². The van der Waals surface area contributed by atoms with Crippen LogP contribution in [0.2, 0.25) is 0 Å². The Morgan fingerprint density at radius 3 is 2.45 bits per heavy atom. The van der Waals surface area contributed by atoms with Crippen LogP contribution < -0.4 is 15.6 Å². The zero-order valence-corrected chi connectivity index (χ0v) is 11.9. The summed E-state index contributed by atoms with van der Waals surface area (Å²) in [5.74, 6) is 0.172. The Morgan fingerprint density at radius 2 is 1.90 bits per heavy atom. The molecule has 0 radical (unpaired) electrons. The Morgan fingerprint density at radius 1 is 1.25 bits per heavy atom. The molecule has 0 heterocycles. The lowest BCUT2D eigenvalue weighted by Crippen LogP contribution is -2.41. The number of allylic oxidation sites excluding steroid dienone is 1. The highest BCUT2D eigenvalue weighted by molar-refractivity contribution is 6.29. The number of ether oxygens (including phenoxy) is 2. The van der Waals surface area contributed by atoms with Crippen LogP contribution in [-0.4, -0.2) is 25.7 Å². The maximum absolute atomic E-state index is 11.7. The fourth-order valence-corrected chi connectivity index (χ4v) is 1.25. The number of rotatable bonds is 4. The SMILES string of the molecule is COc1ccc(C(=O)NNC(=O)OC/C=C(/C)Cl)cc1. The van der Waals surface area contributed by atoms with Gasteiger partial charge in [-0.2, -0.15) is 0 Å². The van der Waals surface area contributed by atoms with E-state index in [9.17, 15) is 9.59 Å². The summed E-state index contributed by atoms with van der Waals surface area (Å²) in [5.41, 5.74) is 4.71. The molecule has 0 aliphatic heterocycles. The van der Waals surface area contributed by atoms with E-state index in [1.54, 1.807) is 31.2 Å². The lowest BCUT2D eigenvalue weighted by Gasteiger charge is -2.07. The third-order valence-corrected chi connectivity index (χ3v) is 2.36. The average molecular weight is 299 g/mol. The molecule has 0 unspecified atom stereocenters. The largest absolute Gasteiger partial charge is 0.497 e. The topological polar surface area (TPSA) is 76.7 Å². The number of hydrogen-bond donors (Lipinski definition) is 2. The van der Waals surface area contributed by atoms with Crippen molar-refractivity contribution < 1.29 is 19.1 Å². The molecule has 0 saturated heterocycles. The summed E-state index contributed by atoms with van der Waals surface area (Å²) < 4.78 is 9.70. The molecule has 0 bridgehead atoms. The molecule has 20 heavy (non-hydrogen) atoms. The molecule has 7 heteroatoms. The second-order valence-electron chi connectivity index (χ2n) is 3.70. The fraction of sp³-hybridized carbons (Fsp3) is 0.231. The van der Waals surface area contributed by atoms with Gasteiger partial charge in [-0.15, -0.1) is 0 Å². The first-order chi connectivity index (χ1) is 9.52. The van der Waals surface area contributed by atoms with Gasteiger partial charge in [0.1, 0.15) is 12.4 Å². The van der Waals surface area contributed by atoms with Crippen molar-refractivity contribution in [2.45, 2.75) is 6.92 Å². The van der Waals surface area contributed by atoms with E-state index in [4.69, 9.17) is 21.1 Å². The van der Waals surface area contributed by atoms with Crippen LogP contribution in [-0.2, 0) is 4.74 Å². The lowest BCUT2D eigenvalue weighted by atomic mass is 10.2. The van der Waals surface area contributed by atoms with E-state index in [0.717, 1.165) is 0 Å². The van der Waals surface area contributed by atoms with Crippen LogP contribution >= 0.6 is 11.6 Å². The molecule has 0 saturated carbocycles. The van der Waals surface area contributed by atoms with Crippen molar-refractivity contribution >= 4 is 23.6 Å². The summed E-state index contributed by atoms with van der Waals surface area (Å²) in [5, 5.41) is 0.514. The number of amides is 2. The molecule has 0 fully saturated rings. The molecule has 2 N–H and O–H groups in total. The smallest absolute Gasteiger partial charge is 0.426 e. The van der Waals surface area contributed by atoms with Gasteiger partial charge in [0.05, 0.1) is 7.11 Å². The Hall–Kier alpha value is -2.21. The van der Waals surface area contributed by atoms with E-state index in [2.05, 4.69) is 10.9 Å². The van der Waals surface area contributed by atoms with Gasteiger partial charge in [0.15, 0.2) is 0 Å². The number of halogens is 1. The predicted octanol–water partition coefficient (Wildman–Crippen LogP) is 2.21. The highest BCUT2D eigenvalue weighted by atomic mass is 35.5. The van der Waals surface area contributed by atoms with E-state index in [1.165, 1.54) is 13.2 Å². The predicted molar refractivity (Wildman–Crippen MR) is 74.6 cm³/mol. The van der Waals surface area contributed by atoms with Crippen molar-refractivity contribution in [1.29, 1.82) is 0 Å². The normalized spacial score (nSPS) is 10.7. The highest BCUT2D eigenvalue weighted by Gasteiger charge is 2.07. The van der Waals surface area contributed by atoms with Crippen LogP contribution in [0.25, 0.3) is 0 Å². The molecular formula is C13H15ClN2O4. The van der Waals surface area contributed by atoms with Crippen molar-refractivity contribution in [3.8, 4) is 5.75 Å². The molecule has 1 aromatic rings. The minimum absolute atomic E-state index is 0.0274. The summed E-state index contributed by atoms with van der Waals surface area (Å²) in [4.78, 5) is 22.9. The number of hydrazine groups is 1. The Labute approximate surface area is 121 Å². The third kappa shape index (κ3) is 5.62. The standard InChI is InChI=1S/C13H15ClN2O4/c1-9(14)7-8-20-13(18)16-15-12(17)10-3-5-11(19-2)6-4-10/h3-7H,8H2,1-2H3,(H,15,17)(H,16,18)/b9-7-. The molecule has 0 atom stereocenters. The Bertz CT molecular complexity index is 496. The summed E-state index contributed by atoms with van der Waals surface area (Å²) >= 11 is 5.56. The fourth-order valence-electron chi connectivity index (χ4n) is 1.19. The first-order valence-electron chi connectivity index (χ1n) is 5.72. The van der Waals surface area contributed by atoms with Crippen LogP contribution in [0.3, 0.4) is 0 Å². The summed E-state index contributed by atoms with van der Waals surface area (Å²) in [6, 6.07) is 6.42. The number of benzene rings is 1. The summed E-state index contributed by atoms with van der Waals surface area (Å²) in [6.07, 6.45) is 0.743. The van der Waals surface area contributed by atoms with Gasteiger partial charge < -0.3 is 9.47 Å².